The first-order chi connectivity index (χ1) is 4.74. The van der Waals surface area contributed by atoms with Gasteiger partial charge < -0.3 is 10.2 Å². The second-order valence-electron chi connectivity index (χ2n) is 3.49. The molecule has 1 saturated heterocycles. The van der Waals surface area contributed by atoms with Crippen LogP contribution in [0.25, 0.3) is 0 Å². The fourth-order valence-corrected chi connectivity index (χ4v) is 1.83. The third-order valence-electron chi connectivity index (χ3n) is 2.34. The molecule has 0 bridgehead atoms. The van der Waals surface area contributed by atoms with Crippen molar-refractivity contribution in [3.63, 3.8) is 0 Å². The van der Waals surface area contributed by atoms with Gasteiger partial charge in [0.1, 0.15) is 0 Å². The molecule has 1 aliphatic rings. The predicted octanol–water partition coefficient (Wildman–Crippen LogP) is 0.546. The molecule has 1 heterocycles. The minimum absolute atomic E-state index is 0.778. The summed E-state index contributed by atoms with van der Waals surface area (Å²) in [5.74, 6) is 0.892. The largest absolute Gasteiger partial charge is 0.318 e. The van der Waals surface area contributed by atoms with Gasteiger partial charge in [-0.2, -0.15) is 0 Å². The van der Waals surface area contributed by atoms with Crippen LogP contribution in [0, 0.1) is 5.92 Å². The second-order valence-corrected chi connectivity index (χ2v) is 3.49. The van der Waals surface area contributed by atoms with E-state index in [-0.39, 0.29) is 0 Å². The summed E-state index contributed by atoms with van der Waals surface area (Å²) in [5.41, 5.74) is 0. The molecule has 0 unspecified atom stereocenters. The Morgan fingerprint density at radius 3 is 2.70 bits per heavy atom. The third kappa shape index (κ3) is 1.70. The van der Waals surface area contributed by atoms with Crippen molar-refractivity contribution in [3.05, 3.63) is 0 Å². The monoisotopic (exact) mass is 142 g/mol. The van der Waals surface area contributed by atoms with Crippen LogP contribution in [0.1, 0.15) is 13.3 Å². The summed E-state index contributed by atoms with van der Waals surface area (Å²) in [5, 5.41) is 3.22. The minimum atomic E-state index is 0.778. The Kier molecular flexibility index (Phi) is 2.69. The lowest BCUT2D eigenvalue weighted by atomic mass is 10.1. The van der Waals surface area contributed by atoms with E-state index < -0.39 is 0 Å². The highest BCUT2D eigenvalue weighted by Crippen LogP contribution is 2.19. The summed E-state index contributed by atoms with van der Waals surface area (Å²) >= 11 is 0. The SMILES string of the molecule is CNC[C@@H]1C[C@H](C)CN1C. The van der Waals surface area contributed by atoms with Gasteiger partial charge in [-0.1, -0.05) is 6.92 Å². The molecule has 2 atom stereocenters. The number of rotatable bonds is 2. The van der Waals surface area contributed by atoms with Crippen molar-refractivity contribution in [2.24, 2.45) is 5.92 Å². The minimum Gasteiger partial charge on any atom is -0.318 e. The molecule has 0 aromatic rings. The van der Waals surface area contributed by atoms with Crippen molar-refractivity contribution in [1.82, 2.24) is 10.2 Å². The molecule has 1 aliphatic heterocycles. The van der Waals surface area contributed by atoms with Crippen LogP contribution in [0.15, 0.2) is 0 Å². The van der Waals surface area contributed by atoms with Gasteiger partial charge in [0.25, 0.3) is 0 Å². The van der Waals surface area contributed by atoms with E-state index in [4.69, 9.17) is 0 Å². The van der Waals surface area contributed by atoms with Crippen molar-refractivity contribution in [2.45, 2.75) is 19.4 Å². The molecule has 0 saturated carbocycles. The number of hydrogen-bond acceptors (Lipinski definition) is 2. The van der Waals surface area contributed by atoms with Gasteiger partial charge in [-0.25, -0.2) is 0 Å². The van der Waals surface area contributed by atoms with Gasteiger partial charge in [0.2, 0.25) is 0 Å². The molecular formula is C8H18N2. The number of likely N-dealkylation sites (N-methyl/N-ethyl adjacent to an activating group) is 2. The quantitative estimate of drug-likeness (QED) is 0.605. The maximum atomic E-state index is 3.22. The van der Waals surface area contributed by atoms with Crippen LogP contribution in [0.5, 0.6) is 0 Å². The van der Waals surface area contributed by atoms with Crippen LogP contribution in [0.3, 0.4) is 0 Å². The summed E-state index contributed by atoms with van der Waals surface area (Å²) in [6.07, 6.45) is 1.36. The average molecular weight is 142 g/mol. The van der Waals surface area contributed by atoms with Gasteiger partial charge in [-0.3, -0.25) is 0 Å². The Hall–Kier alpha value is -0.0800. The van der Waals surface area contributed by atoms with E-state index in [0.29, 0.717) is 0 Å². The molecule has 0 spiro atoms. The van der Waals surface area contributed by atoms with Crippen molar-refractivity contribution in [2.75, 3.05) is 27.2 Å². The molecule has 1 N–H and O–H groups in total. The van der Waals surface area contributed by atoms with Crippen molar-refractivity contribution >= 4 is 0 Å². The third-order valence-corrected chi connectivity index (χ3v) is 2.34. The maximum Gasteiger partial charge on any atom is 0.0220 e. The van der Waals surface area contributed by atoms with E-state index >= 15 is 0 Å². The highest BCUT2D eigenvalue weighted by molar-refractivity contribution is 4.81. The molecular weight excluding hydrogens is 124 g/mol. The fourth-order valence-electron chi connectivity index (χ4n) is 1.83. The van der Waals surface area contributed by atoms with Crippen LogP contribution in [0.4, 0.5) is 0 Å². The molecule has 0 amide bonds. The summed E-state index contributed by atoms with van der Waals surface area (Å²) in [4.78, 5) is 2.45. The maximum absolute atomic E-state index is 3.22. The summed E-state index contributed by atoms with van der Waals surface area (Å²) < 4.78 is 0. The van der Waals surface area contributed by atoms with Crippen molar-refractivity contribution in [1.29, 1.82) is 0 Å². The van der Waals surface area contributed by atoms with Gasteiger partial charge in [0, 0.05) is 19.1 Å². The highest BCUT2D eigenvalue weighted by atomic mass is 15.2. The van der Waals surface area contributed by atoms with Gasteiger partial charge in [-0.05, 0) is 26.4 Å². The van der Waals surface area contributed by atoms with Crippen molar-refractivity contribution in [3.8, 4) is 0 Å². The molecule has 0 aromatic heterocycles. The molecule has 1 rings (SSSR count). The van der Waals surface area contributed by atoms with Crippen molar-refractivity contribution < 1.29 is 0 Å². The first-order valence-electron chi connectivity index (χ1n) is 4.09. The molecule has 2 heteroatoms. The smallest absolute Gasteiger partial charge is 0.0220 e. The Morgan fingerprint density at radius 1 is 1.60 bits per heavy atom. The van der Waals surface area contributed by atoms with Crippen LogP contribution in [-0.2, 0) is 0 Å². The lowest BCUT2D eigenvalue weighted by molar-refractivity contribution is 0.303. The second kappa shape index (κ2) is 3.35. The molecule has 1 fully saturated rings. The van der Waals surface area contributed by atoms with E-state index in [9.17, 15) is 0 Å². The average Bonchev–Trinajstić information content (AvgIpc) is 2.13. The van der Waals surface area contributed by atoms with E-state index in [2.05, 4.69) is 24.2 Å². The topological polar surface area (TPSA) is 15.3 Å². The molecule has 0 aliphatic carbocycles. The van der Waals surface area contributed by atoms with Gasteiger partial charge >= 0.3 is 0 Å². The van der Waals surface area contributed by atoms with Gasteiger partial charge in [0.15, 0.2) is 0 Å². The van der Waals surface area contributed by atoms with E-state index in [1.54, 1.807) is 0 Å². The summed E-state index contributed by atoms with van der Waals surface area (Å²) in [6, 6.07) is 0.778. The Morgan fingerprint density at radius 2 is 2.30 bits per heavy atom. The lowest BCUT2D eigenvalue weighted by Gasteiger charge is -2.17. The summed E-state index contributed by atoms with van der Waals surface area (Å²) in [6.45, 7) is 4.74. The summed E-state index contributed by atoms with van der Waals surface area (Å²) in [7, 11) is 4.24. The lowest BCUT2D eigenvalue weighted by Crippen LogP contribution is -2.33. The van der Waals surface area contributed by atoms with Crippen LogP contribution in [-0.4, -0.2) is 38.1 Å². The zero-order valence-corrected chi connectivity index (χ0v) is 7.22. The molecule has 10 heavy (non-hydrogen) atoms. The standard InChI is InChI=1S/C8H18N2/c1-7-4-8(5-9-2)10(3)6-7/h7-9H,4-6H2,1-3H3/t7-,8-/m0/s1. The first kappa shape index (κ1) is 8.02. The van der Waals surface area contributed by atoms with Gasteiger partial charge in [-0.15, -0.1) is 0 Å². The van der Waals surface area contributed by atoms with Crippen LogP contribution in [0.2, 0.25) is 0 Å². The number of nitrogens with zero attached hydrogens (tertiary/aromatic N) is 1. The highest BCUT2D eigenvalue weighted by Gasteiger charge is 2.25. The Labute approximate surface area is 63.6 Å². The Bertz CT molecular complexity index is 103. The van der Waals surface area contributed by atoms with Gasteiger partial charge in [0.05, 0.1) is 0 Å². The molecule has 0 radical (unpaired) electrons. The Balaban J connectivity index is 2.31. The molecule has 2 nitrogen and oxygen atoms in total. The number of hydrogen-bond donors (Lipinski definition) is 1. The van der Waals surface area contributed by atoms with E-state index in [1.165, 1.54) is 13.0 Å². The zero-order valence-electron chi connectivity index (χ0n) is 7.22. The first-order valence-corrected chi connectivity index (χ1v) is 4.09. The molecule has 60 valence electrons. The normalized spacial score (nSPS) is 35.1. The predicted molar refractivity (Wildman–Crippen MR) is 44.1 cm³/mol. The number of likely N-dealkylation sites (tertiary alicyclic amines) is 1. The van der Waals surface area contributed by atoms with E-state index in [0.717, 1.165) is 18.5 Å². The van der Waals surface area contributed by atoms with E-state index in [1.807, 2.05) is 7.05 Å². The van der Waals surface area contributed by atoms with Crippen LogP contribution < -0.4 is 5.32 Å². The number of nitrogens with one attached hydrogen (secondary N) is 1. The zero-order chi connectivity index (χ0) is 7.56. The molecule has 0 aromatic carbocycles. The van der Waals surface area contributed by atoms with Crippen LogP contribution >= 0.6 is 0 Å². The fraction of sp³-hybridized carbons (Fsp3) is 1.00.